The van der Waals surface area contributed by atoms with Gasteiger partial charge in [0, 0.05) is 22.1 Å². The van der Waals surface area contributed by atoms with Gasteiger partial charge in [0.2, 0.25) is 5.91 Å². The Kier molecular flexibility index (Phi) is 3.36. The number of rotatable bonds is 3. The third-order valence-corrected chi connectivity index (χ3v) is 3.71. The van der Waals surface area contributed by atoms with Gasteiger partial charge >= 0.3 is 0 Å². The summed E-state index contributed by atoms with van der Waals surface area (Å²) in [5.74, 6) is 0.514. The number of ether oxygens (including phenoxy) is 1. The Balaban J connectivity index is 2.05. The highest BCUT2D eigenvalue weighted by Crippen LogP contribution is 2.42. The van der Waals surface area contributed by atoms with E-state index in [4.69, 9.17) is 22.1 Å². The summed E-state index contributed by atoms with van der Waals surface area (Å²) in [6.45, 7) is 0.561. The standard InChI is InChI=1S/C16H14ClNO2/c17-12-6-11(7-15(18)19)16-13(8-12)14(9-20-16)10-4-2-1-3-5-10/h1-6,8,14H,7,9H2,(H2,18,19). The van der Waals surface area contributed by atoms with Crippen molar-refractivity contribution in [3.63, 3.8) is 0 Å². The van der Waals surface area contributed by atoms with Crippen molar-refractivity contribution in [1.29, 1.82) is 0 Å². The number of benzene rings is 2. The predicted molar refractivity (Wildman–Crippen MR) is 78.1 cm³/mol. The Bertz CT molecular complexity index is 655. The van der Waals surface area contributed by atoms with Gasteiger partial charge in [-0.05, 0) is 17.7 Å². The van der Waals surface area contributed by atoms with E-state index < -0.39 is 0 Å². The highest BCUT2D eigenvalue weighted by Gasteiger charge is 2.28. The smallest absolute Gasteiger partial charge is 0.221 e. The molecule has 0 spiro atoms. The van der Waals surface area contributed by atoms with E-state index in [2.05, 4.69) is 12.1 Å². The van der Waals surface area contributed by atoms with Crippen LogP contribution in [0.4, 0.5) is 0 Å². The van der Waals surface area contributed by atoms with Crippen LogP contribution >= 0.6 is 11.6 Å². The number of carbonyl (C=O) groups is 1. The van der Waals surface area contributed by atoms with Crippen LogP contribution in [0.2, 0.25) is 5.02 Å². The first-order valence-corrected chi connectivity index (χ1v) is 6.81. The molecule has 0 saturated carbocycles. The van der Waals surface area contributed by atoms with Gasteiger partial charge in [-0.1, -0.05) is 41.9 Å². The number of carbonyl (C=O) groups excluding carboxylic acids is 1. The molecular formula is C16H14ClNO2. The number of halogens is 1. The molecule has 20 heavy (non-hydrogen) atoms. The molecule has 1 aliphatic rings. The molecule has 0 saturated heterocycles. The molecule has 3 rings (SSSR count). The second kappa shape index (κ2) is 5.17. The molecule has 2 aromatic carbocycles. The van der Waals surface area contributed by atoms with Crippen molar-refractivity contribution in [2.45, 2.75) is 12.3 Å². The molecule has 1 heterocycles. The van der Waals surface area contributed by atoms with Crippen molar-refractivity contribution in [3.05, 3.63) is 64.2 Å². The van der Waals surface area contributed by atoms with Crippen LogP contribution in [-0.4, -0.2) is 12.5 Å². The second-order valence-electron chi connectivity index (χ2n) is 4.90. The van der Waals surface area contributed by atoms with Crippen LogP contribution in [0, 0.1) is 0 Å². The maximum Gasteiger partial charge on any atom is 0.221 e. The number of hydrogen-bond donors (Lipinski definition) is 1. The molecule has 102 valence electrons. The van der Waals surface area contributed by atoms with E-state index in [0.717, 1.165) is 16.9 Å². The van der Waals surface area contributed by atoms with Crippen LogP contribution in [0.25, 0.3) is 0 Å². The van der Waals surface area contributed by atoms with E-state index in [1.165, 1.54) is 5.56 Å². The first-order chi connectivity index (χ1) is 9.65. The first kappa shape index (κ1) is 13.0. The van der Waals surface area contributed by atoms with Gasteiger partial charge in [0.05, 0.1) is 13.0 Å². The van der Waals surface area contributed by atoms with Crippen molar-refractivity contribution in [3.8, 4) is 5.75 Å². The van der Waals surface area contributed by atoms with E-state index in [-0.39, 0.29) is 18.2 Å². The van der Waals surface area contributed by atoms with E-state index in [1.807, 2.05) is 24.3 Å². The van der Waals surface area contributed by atoms with Crippen molar-refractivity contribution in [1.82, 2.24) is 0 Å². The topological polar surface area (TPSA) is 52.3 Å². The second-order valence-corrected chi connectivity index (χ2v) is 5.34. The predicted octanol–water partition coefficient (Wildman–Crippen LogP) is 2.89. The van der Waals surface area contributed by atoms with E-state index in [9.17, 15) is 4.79 Å². The maximum absolute atomic E-state index is 11.2. The van der Waals surface area contributed by atoms with Crippen molar-refractivity contribution < 1.29 is 9.53 Å². The van der Waals surface area contributed by atoms with E-state index >= 15 is 0 Å². The normalized spacial score (nSPS) is 16.6. The molecule has 0 fully saturated rings. The van der Waals surface area contributed by atoms with Crippen LogP contribution in [-0.2, 0) is 11.2 Å². The number of hydrogen-bond acceptors (Lipinski definition) is 2. The first-order valence-electron chi connectivity index (χ1n) is 6.43. The average Bonchev–Trinajstić information content (AvgIpc) is 2.82. The zero-order valence-electron chi connectivity index (χ0n) is 10.8. The summed E-state index contributed by atoms with van der Waals surface area (Å²) >= 11 is 6.16. The minimum Gasteiger partial charge on any atom is -0.492 e. The molecule has 2 N–H and O–H groups in total. The number of fused-ring (bicyclic) bond motifs is 1. The third-order valence-electron chi connectivity index (χ3n) is 3.50. The summed E-state index contributed by atoms with van der Waals surface area (Å²) in [5.41, 5.74) is 8.25. The van der Waals surface area contributed by atoms with Gasteiger partial charge in [0.25, 0.3) is 0 Å². The monoisotopic (exact) mass is 287 g/mol. The van der Waals surface area contributed by atoms with Gasteiger partial charge in [-0.25, -0.2) is 0 Å². The van der Waals surface area contributed by atoms with E-state index in [1.54, 1.807) is 6.07 Å². The lowest BCUT2D eigenvalue weighted by Gasteiger charge is -2.10. The van der Waals surface area contributed by atoms with Crippen LogP contribution in [0.5, 0.6) is 5.75 Å². The molecule has 4 heteroatoms. The highest BCUT2D eigenvalue weighted by atomic mass is 35.5. The zero-order chi connectivity index (χ0) is 14.1. The largest absolute Gasteiger partial charge is 0.492 e. The van der Waals surface area contributed by atoms with E-state index in [0.29, 0.717) is 11.6 Å². The van der Waals surface area contributed by atoms with Crippen molar-refractivity contribution in [2.24, 2.45) is 5.73 Å². The minimum absolute atomic E-state index is 0.143. The zero-order valence-corrected chi connectivity index (χ0v) is 11.6. The van der Waals surface area contributed by atoms with Crippen LogP contribution in [0.15, 0.2) is 42.5 Å². The molecule has 0 aromatic heterocycles. The summed E-state index contributed by atoms with van der Waals surface area (Å²) < 4.78 is 5.79. The molecule has 1 amide bonds. The highest BCUT2D eigenvalue weighted by molar-refractivity contribution is 6.30. The minimum atomic E-state index is -0.388. The Morgan fingerprint density at radius 1 is 1.30 bits per heavy atom. The number of amides is 1. The van der Waals surface area contributed by atoms with Crippen LogP contribution < -0.4 is 10.5 Å². The lowest BCUT2D eigenvalue weighted by Crippen LogP contribution is -2.14. The molecule has 3 nitrogen and oxygen atoms in total. The Labute approximate surface area is 122 Å². The molecule has 0 radical (unpaired) electrons. The third kappa shape index (κ3) is 2.37. The van der Waals surface area contributed by atoms with Crippen molar-refractivity contribution in [2.75, 3.05) is 6.61 Å². The van der Waals surface area contributed by atoms with Gasteiger partial charge in [-0.15, -0.1) is 0 Å². The van der Waals surface area contributed by atoms with Crippen LogP contribution in [0.3, 0.4) is 0 Å². The molecule has 1 unspecified atom stereocenters. The lowest BCUT2D eigenvalue weighted by molar-refractivity contribution is -0.117. The Morgan fingerprint density at radius 2 is 2.05 bits per heavy atom. The molecular weight excluding hydrogens is 274 g/mol. The van der Waals surface area contributed by atoms with Gasteiger partial charge in [0.15, 0.2) is 0 Å². The maximum atomic E-state index is 11.2. The lowest BCUT2D eigenvalue weighted by atomic mass is 9.91. The average molecular weight is 288 g/mol. The SMILES string of the molecule is NC(=O)Cc1cc(Cl)cc2c1OCC2c1ccccc1. The quantitative estimate of drug-likeness (QED) is 0.944. The molecule has 2 aromatic rings. The summed E-state index contributed by atoms with van der Waals surface area (Å²) in [4.78, 5) is 11.2. The number of nitrogens with two attached hydrogens (primary N) is 1. The fourth-order valence-corrected chi connectivity index (χ4v) is 2.89. The van der Waals surface area contributed by atoms with Gasteiger partial charge < -0.3 is 10.5 Å². The van der Waals surface area contributed by atoms with Gasteiger partial charge in [0.1, 0.15) is 5.75 Å². The molecule has 0 aliphatic carbocycles. The fourth-order valence-electron chi connectivity index (χ4n) is 2.64. The molecule has 1 aliphatic heterocycles. The summed E-state index contributed by atoms with van der Waals surface area (Å²) in [5, 5.41) is 0.603. The summed E-state index contributed by atoms with van der Waals surface area (Å²) in [6, 6.07) is 13.8. The Morgan fingerprint density at radius 3 is 2.75 bits per heavy atom. The fraction of sp³-hybridized carbons (Fsp3) is 0.188. The summed E-state index contributed by atoms with van der Waals surface area (Å²) in [6.07, 6.45) is 0.143. The molecule has 0 bridgehead atoms. The van der Waals surface area contributed by atoms with Crippen molar-refractivity contribution >= 4 is 17.5 Å². The Hall–Kier alpha value is -2.00. The summed E-state index contributed by atoms with van der Waals surface area (Å²) in [7, 11) is 0. The van der Waals surface area contributed by atoms with Gasteiger partial charge in [-0.2, -0.15) is 0 Å². The van der Waals surface area contributed by atoms with Gasteiger partial charge in [-0.3, -0.25) is 4.79 Å². The molecule has 1 atom stereocenters. The van der Waals surface area contributed by atoms with Crippen LogP contribution in [0.1, 0.15) is 22.6 Å². The number of primary amides is 1.